The van der Waals surface area contributed by atoms with Gasteiger partial charge in [-0.15, -0.1) is 24.0 Å². The third-order valence-electron chi connectivity index (χ3n) is 5.24. The van der Waals surface area contributed by atoms with Crippen LogP contribution in [0.15, 0.2) is 27.8 Å². The van der Waals surface area contributed by atoms with E-state index in [0.29, 0.717) is 12.5 Å². The number of nitrogens with two attached hydrogens (primary N) is 1. The van der Waals surface area contributed by atoms with Crippen LogP contribution < -0.4 is 5.73 Å². The topological polar surface area (TPSA) is 58.0 Å². The van der Waals surface area contributed by atoms with E-state index in [2.05, 4.69) is 22.8 Å². The van der Waals surface area contributed by atoms with Gasteiger partial charge in [-0.05, 0) is 56.8 Å². The van der Waals surface area contributed by atoms with E-state index in [0.717, 1.165) is 37.9 Å². The van der Waals surface area contributed by atoms with E-state index >= 15 is 0 Å². The fourth-order valence-corrected chi connectivity index (χ4v) is 3.61. The van der Waals surface area contributed by atoms with Crippen LogP contribution in [0.2, 0.25) is 0 Å². The SMILES string of the molecule is CC1CCN(C(N)=NCC(c2ccco2)N2CCCCC2)CC1.I. The Bertz CT molecular complexity index is 491. The van der Waals surface area contributed by atoms with E-state index in [4.69, 9.17) is 15.1 Å². The zero-order valence-electron chi connectivity index (χ0n) is 14.7. The summed E-state index contributed by atoms with van der Waals surface area (Å²) in [5.74, 6) is 2.52. The zero-order chi connectivity index (χ0) is 16.1. The van der Waals surface area contributed by atoms with Crippen LogP contribution in [0.4, 0.5) is 0 Å². The molecule has 2 aliphatic rings. The van der Waals surface area contributed by atoms with Crippen LogP contribution in [0.25, 0.3) is 0 Å². The Labute approximate surface area is 162 Å². The van der Waals surface area contributed by atoms with Gasteiger partial charge in [0.05, 0.1) is 18.8 Å². The molecular weight excluding hydrogens is 415 g/mol. The molecule has 1 atom stereocenters. The highest BCUT2D eigenvalue weighted by Gasteiger charge is 2.25. The number of guanidine groups is 1. The summed E-state index contributed by atoms with van der Waals surface area (Å²) in [5, 5.41) is 0. The quantitative estimate of drug-likeness (QED) is 0.437. The molecule has 2 N–H and O–H groups in total. The van der Waals surface area contributed by atoms with Crippen molar-refractivity contribution in [3.63, 3.8) is 0 Å². The van der Waals surface area contributed by atoms with Gasteiger partial charge in [0.25, 0.3) is 0 Å². The number of aliphatic imine (C=N–C) groups is 1. The Balaban J connectivity index is 0.00000208. The second kappa shape index (κ2) is 9.65. The first-order chi connectivity index (χ1) is 11.2. The number of hydrogen-bond acceptors (Lipinski definition) is 3. The van der Waals surface area contributed by atoms with E-state index in [-0.39, 0.29) is 30.0 Å². The maximum absolute atomic E-state index is 6.25. The Hall–Kier alpha value is -0.760. The molecule has 5 nitrogen and oxygen atoms in total. The summed E-state index contributed by atoms with van der Waals surface area (Å²) in [5.41, 5.74) is 6.25. The molecule has 2 fully saturated rings. The maximum atomic E-state index is 6.25. The summed E-state index contributed by atoms with van der Waals surface area (Å²) in [6.45, 7) is 7.32. The van der Waals surface area contributed by atoms with Gasteiger partial charge in [0, 0.05) is 13.1 Å². The zero-order valence-corrected chi connectivity index (χ0v) is 17.0. The van der Waals surface area contributed by atoms with Crippen LogP contribution in [0.3, 0.4) is 0 Å². The van der Waals surface area contributed by atoms with Gasteiger partial charge in [-0.1, -0.05) is 13.3 Å². The molecular formula is C18H31IN4O. The minimum absolute atomic E-state index is 0. The molecule has 0 aromatic carbocycles. The fourth-order valence-electron chi connectivity index (χ4n) is 3.61. The Morgan fingerprint density at radius 2 is 1.96 bits per heavy atom. The molecule has 2 aliphatic heterocycles. The van der Waals surface area contributed by atoms with Gasteiger partial charge in [0.15, 0.2) is 5.96 Å². The van der Waals surface area contributed by atoms with Gasteiger partial charge in [-0.3, -0.25) is 9.89 Å². The van der Waals surface area contributed by atoms with Crippen LogP contribution >= 0.6 is 24.0 Å². The average molecular weight is 446 g/mol. The smallest absolute Gasteiger partial charge is 0.191 e. The molecule has 0 aliphatic carbocycles. The van der Waals surface area contributed by atoms with E-state index in [1.54, 1.807) is 6.26 Å². The molecule has 3 heterocycles. The van der Waals surface area contributed by atoms with Crippen molar-refractivity contribution in [3.05, 3.63) is 24.2 Å². The van der Waals surface area contributed by atoms with Gasteiger partial charge < -0.3 is 15.1 Å². The van der Waals surface area contributed by atoms with Crippen molar-refractivity contribution >= 4 is 29.9 Å². The lowest BCUT2D eigenvalue weighted by Crippen LogP contribution is -2.43. The minimum atomic E-state index is 0. The number of piperidine rings is 2. The molecule has 2 saturated heterocycles. The summed E-state index contributed by atoms with van der Waals surface area (Å²) >= 11 is 0. The number of nitrogens with zero attached hydrogens (tertiary/aromatic N) is 3. The average Bonchev–Trinajstić information content (AvgIpc) is 3.11. The second-order valence-electron chi connectivity index (χ2n) is 7.00. The van der Waals surface area contributed by atoms with Crippen LogP contribution in [0.5, 0.6) is 0 Å². The summed E-state index contributed by atoms with van der Waals surface area (Å²) < 4.78 is 5.68. The highest BCUT2D eigenvalue weighted by atomic mass is 127. The maximum Gasteiger partial charge on any atom is 0.191 e. The molecule has 3 rings (SSSR count). The first-order valence-electron chi connectivity index (χ1n) is 9.06. The van der Waals surface area contributed by atoms with Crippen LogP contribution in [-0.2, 0) is 0 Å². The third-order valence-corrected chi connectivity index (χ3v) is 5.24. The second-order valence-corrected chi connectivity index (χ2v) is 7.00. The Morgan fingerprint density at radius 3 is 2.58 bits per heavy atom. The summed E-state index contributed by atoms with van der Waals surface area (Å²) in [7, 11) is 0. The summed E-state index contributed by atoms with van der Waals surface area (Å²) in [4.78, 5) is 9.45. The number of likely N-dealkylation sites (tertiary alicyclic amines) is 2. The first kappa shape index (κ1) is 19.6. The number of furan rings is 1. The van der Waals surface area contributed by atoms with Gasteiger partial charge in [0.2, 0.25) is 0 Å². The van der Waals surface area contributed by atoms with E-state index in [1.165, 1.54) is 32.1 Å². The van der Waals surface area contributed by atoms with Crippen molar-refractivity contribution in [1.82, 2.24) is 9.80 Å². The predicted molar refractivity (Wildman–Crippen MR) is 109 cm³/mol. The Morgan fingerprint density at radius 1 is 1.25 bits per heavy atom. The molecule has 0 radical (unpaired) electrons. The van der Waals surface area contributed by atoms with Crippen molar-refractivity contribution in [3.8, 4) is 0 Å². The summed E-state index contributed by atoms with van der Waals surface area (Å²) in [6.07, 6.45) is 8.04. The first-order valence-corrected chi connectivity index (χ1v) is 9.06. The van der Waals surface area contributed by atoms with Crippen LogP contribution in [0.1, 0.15) is 50.8 Å². The lowest BCUT2D eigenvalue weighted by molar-refractivity contribution is 0.150. The molecule has 0 bridgehead atoms. The molecule has 0 amide bonds. The molecule has 0 saturated carbocycles. The van der Waals surface area contributed by atoms with E-state index in [1.807, 2.05) is 6.07 Å². The van der Waals surface area contributed by atoms with Crippen molar-refractivity contribution in [1.29, 1.82) is 0 Å². The van der Waals surface area contributed by atoms with Gasteiger partial charge in [0.1, 0.15) is 5.76 Å². The van der Waals surface area contributed by atoms with Gasteiger partial charge in [-0.2, -0.15) is 0 Å². The largest absolute Gasteiger partial charge is 0.468 e. The highest BCUT2D eigenvalue weighted by Crippen LogP contribution is 2.25. The molecule has 1 unspecified atom stereocenters. The van der Waals surface area contributed by atoms with Gasteiger partial charge >= 0.3 is 0 Å². The molecule has 1 aromatic rings. The van der Waals surface area contributed by atoms with Crippen molar-refractivity contribution in [2.45, 2.75) is 45.1 Å². The lowest BCUT2D eigenvalue weighted by atomic mass is 10.00. The molecule has 0 spiro atoms. The number of hydrogen-bond donors (Lipinski definition) is 1. The van der Waals surface area contributed by atoms with Crippen molar-refractivity contribution in [2.24, 2.45) is 16.6 Å². The van der Waals surface area contributed by atoms with E-state index in [9.17, 15) is 0 Å². The van der Waals surface area contributed by atoms with Crippen LogP contribution in [0, 0.1) is 5.92 Å². The number of halogens is 1. The van der Waals surface area contributed by atoms with Crippen LogP contribution in [-0.4, -0.2) is 48.5 Å². The monoisotopic (exact) mass is 446 g/mol. The molecule has 24 heavy (non-hydrogen) atoms. The van der Waals surface area contributed by atoms with Gasteiger partial charge in [-0.25, -0.2) is 0 Å². The molecule has 136 valence electrons. The number of rotatable bonds is 4. The Kier molecular flexibility index (Phi) is 7.87. The predicted octanol–water partition coefficient (Wildman–Crippen LogP) is 3.47. The molecule has 6 heteroatoms. The highest BCUT2D eigenvalue weighted by molar-refractivity contribution is 14.0. The summed E-state index contributed by atoms with van der Waals surface area (Å²) in [6, 6.07) is 4.24. The minimum Gasteiger partial charge on any atom is -0.468 e. The third kappa shape index (κ3) is 5.12. The normalized spacial score (nSPS) is 22.2. The standard InChI is InChI=1S/C18H30N4O.HI/c1-15-7-11-22(12-8-15)18(19)20-14-16(17-6-5-13-23-17)21-9-3-2-4-10-21;/h5-6,13,15-16H,2-4,7-12,14H2,1H3,(H2,19,20);1H. The van der Waals surface area contributed by atoms with E-state index < -0.39 is 0 Å². The molecule has 1 aromatic heterocycles. The van der Waals surface area contributed by atoms with Crippen molar-refractivity contribution in [2.75, 3.05) is 32.7 Å². The lowest BCUT2D eigenvalue weighted by Gasteiger charge is -2.34. The fraction of sp³-hybridized carbons (Fsp3) is 0.722. The van der Waals surface area contributed by atoms with Crippen molar-refractivity contribution < 1.29 is 4.42 Å².